The Labute approximate surface area is 118 Å². The number of nitrogens with one attached hydrogen (secondary N) is 2. The monoisotopic (exact) mass is 332 g/mol. The molecule has 0 aliphatic rings. The lowest BCUT2D eigenvalue weighted by Gasteiger charge is -2.07. The van der Waals surface area contributed by atoms with Crippen LogP contribution in [-0.2, 0) is 11.3 Å². The van der Waals surface area contributed by atoms with Crippen LogP contribution in [-0.4, -0.2) is 23.7 Å². The van der Waals surface area contributed by atoms with E-state index in [0.717, 1.165) is 0 Å². The van der Waals surface area contributed by atoms with E-state index in [9.17, 15) is 14.0 Å². The summed E-state index contributed by atoms with van der Waals surface area (Å²) in [7, 11) is 0. The molecule has 0 bridgehead atoms. The summed E-state index contributed by atoms with van der Waals surface area (Å²) in [6.07, 6.45) is 0.380. The highest BCUT2D eigenvalue weighted by atomic mass is 79.9. The highest BCUT2D eigenvalue weighted by molar-refractivity contribution is 9.10. The molecule has 0 saturated carbocycles. The maximum Gasteiger partial charge on any atom is 0.315 e. The zero-order valence-electron chi connectivity index (χ0n) is 10.1. The molecule has 0 unspecified atom stereocenters. The Morgan fingerprint density at radius 1 is 1.26 bits per heavy atom. The van der Waals surface area contributed by atoms with Crippen LogP contribution in [0.5, 0.6) is 0 Å². The van der Waals surface area contributed by atoms with Crippen LogP contribution < -0.4 is 10.6 Å². The number of halogens is 2. The molecule has 3 N–H and O–H groups in total. The third kappa shape index (κ3) is 6.76. The molecule has 0 heterocycles. The standard InChI is InChI=1S/C12H14BrFN2O3/c13-9-4-8(5-10(14)6-9)7-16-12(19)15-3-1-2-11(17)18/h4-6H,1-3,7H2,(H,17,18)(H2,15,16,19). The minimum atomic E-state index is -0.896. The van der Waals surface area contributed by atoms with E-state index in [4.69, 9.17) is 5.11 Å². The van der Waals surface area contributed by atoms with E-state index >= 15 is 0 Å². The second kappa shape index (κ2) is 7.73. The van der Waals surface area contributed by atoms with Crippen molar-refractivity contribution in [1.82, 2.24) is 10.6 Å². The Morgan fingerprint density at radius 2 is 2.00 bits per heavy atom. The molecule has 7 heteroatoms. The van der Waals surface area contributed by atoms with Gasteiger partial charge in [-0.15, -0.1) is 0 Å². The van der Waals surface area contributed by atoms with Gasteiger partial charge >= 0.3 is 12.0 Å². The van der Waals surface area contributed by atoms with Gasteiger partial charge < -0.3 is 15.7 Å². The lowest BCUT2D eigenvalue weighted by atomic mass is 10.2. The van der Waals surface area contributed by atoms with Gasteiger partial charge in [0.2, 0.25) is 0 Å². The minimum absolute atomic E-state index is 0.0110. The molecule has 0 saturated heterocycles. The summed E-state index contributed by atoms with van der Waals surface area (Å²) in [6, 6.07) is 3.95. The summed E-state index contributed by atoms with van der Waals surface area (Å²) in [5, 5.41) is 13.5. The first-order valence-corrected chi connectivity index (χ1v) is 6.45. The van der Waals surface area contributed by atoms with Gasteiger partial charge in [0.15, 0.2) is 0 Å². The SMILES string of the molecule is O=C(O)CCCNC(=O)NCc1cc(F)cc(Br)c1. The minimum Gasteiger partial charge on any atom is -0.481 e. The average molecular weight is 333 g/mol. The summed E-state index contributed by atoms with van der Waals surface area (Å²) >= 11 is 3.16. The molecule has 1 rings (SSSR count). The topological polar surface area (TPSA) is 78.4 Å². The molecule has 0 fully saturated rings. The average Bonchev–Trinajstić information content (AvgIpc) is 2.31. The van der Waals surface area contributed by atoms with Crippen molar-refractivity contribution in [2.75, 3.05) is 6.54 Å². The predicted molar refractivity (Wildman–Crippen MR) is 71.2 cm³/mol. The van der Waals surface area contributed by atoms with Gasteiger partial charge in [0, 0.05) is 24.0 Å². The van der Waals surface area contributed by atoms with Gasteiger partial charge in [0.25, 0.3) is 0 Å². The van der Waals surface area contributed by atoms with Crippen LogP contribution in [0.15, 0.2) is 22.7 Å². The fourth-order valence-electron chi connectivity index (χ4n) is 1.40. The first-order chi connectivity index (χ1) is 8.97. The Balaban J connectivity index is 2.28. The van der Waals surface area contributed by atoms with Gasteiger partial charge in [-0.05, 0) is 30.2 Å². The number of hydrogen-bond donors (Lipinski definition) is 3. The van der Waals surface area contributed by atoms with Crippen molar-refractivity contribution >= 4 is 27.9 Å². The number of carboxylic acids is 1. The molecular formula is C12H14BrFN2O3. The number of rotatable bonds is 6. The molecule has 0 aromatic heterocycles. The van der Waals surface area contributed by atoms with Crippen molar-refractivity contribution < 1.29 is 19.1 Å². The molecule has 2 amide bonds. The summed E-state index contributed by atoms with van der Waals surface area (Å²) < 4.78 is 13.7. The van der Waals surface area contributed by atoms with Crippen molar-refractivity contribution in [2.45, 2.75) is 19.4 Å². The van der Waals surface area contributed by atoms with E-state index in [1.54, 1.807) is 6.07 Å². The van der Waals surface area contributed by atoms with E-state index < -0.39 is 12.0 Å². The van der Waals surface area contributed by atoms with Gasteiger partial charge in [-0.25, -0.2) is 9.18 Å². The summed E-state index contributed by atoms with van der Waals surface area (Å²) in [6.45, 7) is 0.478. The summed E-state index contributed by atoms with van der Waals surface area (Å²) in [4.78, 5) is 21.6. The zero-order chi connectivity index (χ0) is 14.3. The van der Waals surface area contributed by atoms with E-state index in [1.165, 1.54) is 12.1 Å². The lowest BCUT2D eigenvalue weighted by molar-refractivity contribution is -0.137. The summed E-state index contributed by atoms with van der Waals surface area (Å²) in [5.41, 5.74) is 0.632. The number of benzene rings is 1. The number of carboxylic acid groups (broad SMARTS) is 1. The number of carbonyl (C=O) groups excluding carboxylic acids is 1. The van der Waals surface area contributed by atoms with Crippen LogP contribution in [0.3, 0.4) is 0 Å². The molecule has 1 aromatic rings. The molecule has 104 valence electrons. The van der Waals surface area contributed by atoms with Crippen molar-refractivity contribution in [2.24, 2.45) is 0 Å². The Kier molecular flexibility index (Phi) is 6.27. The van der Waals surface area contributed by atoms with Gasteiger partial charge in [-0.1, -0.05) is 15.9 Å². The summed E-state index contributed by atoms with van der Waals surface area (Å²) in [5.74, 6) is -1.28. The second-order valence-corrected chi connectivity index (χ2v) is 4.80. The molecule has 0 aliphatic carbocycles. The molecule has 5 nitrogen and oxygen atoms in total. The molecule has 0 atom stereocenters. The van der Waals surface area contributed by atoms with E-state index in [1.807, 2.05) is 0 Å². The van der Waals surface area contributed by atoms with Crippen LogP contribution >= 0.6 is 15.9 Å². The Hall–Kier alpha value is -1.63. The highest BCUT2D eigenvalue weighted by Gasteiger charge is 2.03. The molecule has 1 aromatic carbocycles. The van der Waals surface area contributed by atoms with Gasteiger partial charge in [0.1, 0.15) is 5.82 Å². The van der Waals surface area contributed by atoms with Crippen molar-refractivity contribution in [3.8, 4) is 0 Å². The molecule has 0 aliphatic heterocycles. The van der Waals surface area contributed by atoms with Crippen LogP contribution in [0.1, 0.15) is 18.4 Å². The third-order valence-electron chi connectivity index (χ3n) is 2.23. The van der Waals surface area contributed by atoms with Crippen molar-refractivity contribution in [3.63, 3.8) is 0 Å². The first kappa shape index (κ1) is 15.4. The number of carbonyl (C=O) groups is 2. The van der Waals surface area contributed by atoms with E-state index in [0.29, 0.717) is 16.5 Å². The molecule has 0 spiro atoms. The van der Waals surface area contributed by atoms with E-state index in [2.05, 4.69) is 26.6 Å². The van der Waals surface area contributed by atoms with Crippen LogP contribution in [0.2, 0.25) is 0 Å². The largest absolute Gasteiger partial charge is 0.481 e. The first-order valence-electron chi connectivity index (χ1n) is 5.66. The molecule has 19 heavy (non-hydrogen) atoms. The quantitative estimate of drug-likeness (QED) is 0.699. The Bertz CT molecular complexity index is 448. The van der Waals surface area contributed by atoms with Crippen molar-refractivity contribution in [1.29, 1.82) is 0 Å². The highest BCUT2D eigenvalue weighted by Crippen LogP contribution is 2.14. The normalized spacial score (nSPS) is 10.0. The number of aliphatic carboxylic acids is 1. The van der Waals surface area contributed by atoms with Crippen LogP contribution in [0.4, 0.5) is 9.18 Å². The van der Waals surface area contributed by atoms with Crippen molar-refractivity contribution in [3.05, 3.63) is 34.1 Å². The van der Waals surface area contributed by atoms with Gasteiger partial charge in [0.05, 0.1) is 0 Å². The van der Waals surface area contributed by atoms with Gasteiger partial charge in [-0.2, -0.15) is 0 Å². The maximum absolute atomic E-state index is 13.1. The number of hydrogen-bond acceptors (Lipinski definition) is 2. The lowest BCUT2D eigenvalue weighted by Crippen LogP contribution is -2.35. The smallest absolute Gasteiger partial charge is 0.315 e. The Morgan fingerprint density at radius 3 is 2.63 bits per heavy atom. The molecular weight excluding hydrogens is 319 g/mol. The fourth-order valence-corrected chi connectivity index (χ4v) is 1.91. The fraction of sp³-hybridized carbons (Fsp3) is 0.333. The maximum atomic E-state index is 13.1. The van der Waals surface area contributed by atoms with Crippen LogP contribution in [0.25, 0.3) is 0 Å². The number of urea groups is 1. The second-order valence-electron chi connectivity index (χ2n) is 3.88. The zero-order valence-corrected chi connectivity index (χ0v) is 11.7. The number of amides is 2. The third-order valence-corrected chi connectivity index (χ3v) is 2.69. The molecule has 0 radical (unpaired) electrons. The van der Waals surface area contributed by atoms with Gasteiger partial charge in [-0.3, -0.25) is 4.79 Å². The predicted octanol–water partition coefficient (Wildman–Crippen LogP) is 2.25. The van der Waals surface area contributed by atoms with Crippen LogP contribution in [0, 0.1) is 5.82 Å². The van der Waals surface area contributed by atoms with E-state index in [-0.39, 0.29) is 25.3 Å².